The van der Waals surface area contributed by atoms with Crippen LogP contribution in [0.5, 0.6) is 0 Å². The van der Waals surface area contributed by atoms with Gasteiger partial charge in [-0.3, -0.25) is 9.69 Å². The van der Waals surface area contributed by atoms with Crippen LogP contribution in [0.2, 0.25) is 0 Å². The molecule has 0 spiro atoms. The van der Waals surface area contributed by atoms with Gasteiger partial charge < -0.3 is 5.73 Å². The average Bonchev–Trinajstić information content (AvgIpc) is 2.55. The van der Waals surface area contributed by atoms with Gasteiger partial charge in [-0.2, -0.15) is 0 Å². The SMILES string of the molecule is CCC[C@H]1CCCN1[C@H](CC)C(N)=O. The predicted octanol–water partition coefficient (Wildman–Crippen LogP) is 1.51. The van der Waals surface area contributed by atoms with Crippen LogP contribution in [-0.2, 0) is 4.79 Å². The lowest BCUT2D eigenvalue weighted by Gasteiger charge is -2.30. The largest absolute Gasteiger partial charge is 0.368 e. The normalized spacial score (nSPS) is 25.1. The lowest BCUT2D eigenvalue weighted by Crippen LogP contribution is -2.46. The summed E-state index contributed by atoms with van der Waals surface area (Å²) in [6.07, 6.45) is 5.68. The van der Waals surface area contributed by atoms with Crippen molar-refractivity contribution in [1.29, 1.82) is 0 Å². The fraction of sp³-hybridized carbons (Fsp3) is 0.909. The molecule has 0 unspecified atom stereocenters. The van der Waals surface area contributed by atoms with Crippen LogP contribution in [0.15, 0.2) is 0 Å². The first-order valence-corrected chi connectivity index (χ1v) is 5.75. The Labute approximate surface area is 86.6 Å². The molecule has 0 bridgehead atoms. The Hall–Kier alpha value is -0.570. The van der Waals surface area contributed by atoms with E-state index in [2.05, 4.69) is 11.8 Å². The molecule has 0 aromatic rings. The second-order valence-corrected chi connectivity index (χ2v) is 4.15. The van der Waals surface area contributed by atoms with Gasteiger partial charge in [-0.05, 0) is 32.2 Å². The van der Waals surface area contributed by atoms with Crippen molar-refractivity contribution in [3.8, 4) is 0 Å². The van der Waals surface area contributed by atoms with Gasteiger partial charge in [-0.25, -0.2) is 0 Å². The van der Waals surface area contributed by atoms with Crippen molar-refractivity contribution in [1.82, 2.24) is 4.90 Å². The van der Waals surface area contributed by atoms with E-state index in [1.54, 1.807) is 0 Å². The summed E-state index contributed by atoms with van der Waals surface area (Å²) < 4.78 is 0. The molecule has 0 saturated carbocycles. The Morgan fingerprint density at radius 3 is 2.79 bits per heavy atom. The van der Waals surface area contributed by atoms with E-state index in [-0.39, 0.29) is 11.9 Å². The van der Waals surface area contributed by atoms with Crippen LogP contribution in [0, 0.1) is 0 Å². The van der Waals surface area contributed by atoms with E-state index in [1.807, 2.05) is 6.92 Å². The summed E-state index contributed by atoms with van der Waals surface area (Å²) in [7, 11) is 0. The fourth-order valence-electron chi connectivity index (χ4n) is 2.51. The summed E-state index contributed by atoms with van der Waals surface area (Å²) in [5, 5.41) is 0. The molecular formula is C11H22N2O. The molecule has 14 heavy (non-hydrogen) atoms. The highest BCUT2D eigenvalue weighted by Gasteiger charge is 2.31. The highest BCUT2D eigenvalue weighted by Crippen LogP contribution is 2.24. The van der Waals surface area contributed by atoms with Gasteiger partial charge in [0.2, 0.25) is 5.91 Å². The van der Waals surface area contributed by atoms with Gasteiger partial charge in [0.15, 0.2) is 0 Å². The highest BCUT2D eigenvalue weighted by atomic mass is 16.1. The summed E-state index contributed by atoms with van der Waals surface area (Å²) in [6, 6.07) is 0.562. The second-order valence-electron chi connectivity index (χ2n) is 4.15. The number of carbonyl (C=O) groups excluding carboxylic acids is 1. The molecule has 1 fully saturated rings. The molecule has 2 N–H and O–H groups in total. The molecule has 0 radical (unpaired) electrons. The zero-order chi connectivity index (χ0) is 10.6. The van der Waals surface area contributed by atoms with E-state index in [1.165, 1.54) is 25.7 Å². The van der Waals surface area contributed by atoms with Crippen molar-refractivity contribution in [2.24, 2.45) is 5.73 Å². The molecule has 1 aliphatic rings. The molecular weight excluding hydrogens is 176 g/mol. The molecule has 1 saturated heterocycles. The Kier molecular flexibility index (Phi) is 4.39. The van der Waals surface area contributed by atoms with E-state index < -0.39 is 0 Å². The quantitative estimate of drug-likeness (QED) is 0.728. The van der Waals surface area contributed by atoms with E-state index in [4.69, 9.17) is 5.73 Å². The minimum atomic E-state index is -0.157. The van der Waals surface area contributed by atoms with Crippen LogP contribution in [-0.4, -0.2) is 29.4 Å². The first-order valence-electron chi connectivity index (χ1n) is 5.75. The molecule has 0 aliphatic carbocycles. The summed E-state index contributed by atoms with van der Waals surface area (Å²) >= 11 is 0. The molecule has 1 aliphatic heterocycles. The molecule has 0 aromatic carbocycles. The number of rotatable bonds is 5. The van der Waals surface area contributed by atoms with E-state index in [0.29, 0.717) is 6.04 Å². The fourth-order valence-corrected chi connectivity index (χ4v) is 2.51. The van der Waals surface area contributed by atoms with Gasteiger partial charge >= 0.3 is 0 Å². The second kappa shape index (κ2) is 5.35. The summed E-state index contributed by atoms with van der Waals surface area (Å²) in [5.74, 6) is -0.157. The number of amides is 1. The van der Waals surface area contributed by atoms with Gasteiger partial charge in [0, 0.05) is 6.04 Å². The van der Waals surface area contributed by atoms with E-state index in [0.717, 1.165) is 13.0 Å². The summed E-state index contributed by atoms with van der Waals surface area (Å²) in [6.45, 7) is 5.28. The number of primary amides is 1. The minimum absolute atomic E-state index is 0.0333. The first kappa shape index (κ1) is 11.5. The van der Waals surface area contributed by atoms with Gasteiger partial charge in [0.05, 0.1) is 6.04 Å². The maximum absolute atomic E-state index is 11.2. The van der Waals surface area contributed by atoms with Crippen LogP contribution in [0.3, 0.4) is 0 Å². The van der Waals surface area contributed by atoms with Crippen molar-refractivity contribution in [3.63, 3.8) is 0 Å². The highest BCUT2D eigenvalue weighted by molar-refractivity contribution is 5.79. The van der Waals surface area contributed by atoms with E-state index in [9.17, 15) is 4.79 Å². The van der Waals surface area contributed by atoms with Gasteiger partial charge in [-0.1, -0.05) is 20.3 Å². The third-order valence-electron chi connectivity index (χ3n) is 3.16. The van der Waals surface area contributed by atoms with Crippen LogP contribution in [0.1, 0.15) is 46.0 Å². The lowest BCUT2D eigenvalue weighted by molar-refractivity contribution is -0.123. The van der Waals surface area contributed by atoms with Gasteiger partial charge in [0.1, 0.15) is 0 Å². The van der Waals surface area contributed by atoms with Crippen molar-refractivity contribution in [3.05, 3.63) is 0 Å². The zero-order valence-electron chi connectivity index (χ0n) is 9.33. The van der Waals surface area contributed by atoms with Crippen LogP contribution in [0.25, 0.3) is 0 Å². The molecule has 3 heteroatoms. The Morgan fingerprint density at radius 2 is 2.29 bits per heavy atom. The van der Waals surface area contributed by atoms with Crippen LogP contribution < -0.4 is 5.73 Å². The third kappa shape index (κ3) is 2.47. The lowest BCUT2D eigenvalue weighted by atomic mass is 10.1. The van der Waals surface area contributed by atoms with Crippen LogP contribution >= 0.6 is 0 Å². The molecule has 1 heterocycles. The Balaban J connectivity index is 2.59. The van der Waals surface area contributed by atoms with Gasteiger partial charge in [0.25, 0.3) is 0 Å². The third-order valence-corrected chi connectivity index (χ3v) is 3.16. The molecule has 3 nitrogen and oxygen atoms in total. The number of nitrogens with zero attached hydrogens (tertiary/aromatic N) is 1. The Bertz CT molecular complexity index is 194. The number of nitrogens with two attached hydrogens (primary N) is 1. The zero-order valence-corrected chi connectivity index (χ0v) is 9.33. The topological polar surface area (TPSA) is 46.3 Å². The van der Waals surface area contributed by atoms with Crippen molar-refractivity contribution < 1.29 is 4.79 Å². The molecule has 2 atom stereocenters. The smallest absolute Gasteiger partial charge is 0.234 e. The minimum Gasteiger partial charge on any atom is -0.368 e. The number of hydrogen-bond acceptors (Lipinski definition) is 2. The van der Waals surface area contributed by atoms with E-state index >= 15 is 0 Å². The predicted molar refractivity (Wildman–Crippen MR) is 57.9 cm³/mol. The molecule has 0 aromatic heterocycles. The van der Waals surface area contributed by atoms with Crippen molar-refractivity contribution in [2.45, 2.75) is 58.0 Å². The van der Waals surface area contributed by atoms with Crippen molar-refractivity contribution >= 4 is 5.91 Å². The monoisotopic (exact) mass is 198 g/mol. The Morgan fingerprint density at radius 1 is 1.57 bits per heavy atom. The standard InChI is InChI=1S/C11H22N2O/c1-3-6-9-7-5-8-13(9)10(4-2)11(12)14/h9-10H,3-8H2,1-2H3,(H2,12,14)/t9-,10+/m0/s1. The maximum Gasteiger partial charge on any atom is 0.234 e. The molecule has 1 amide bonds. The maximum atomic E-state index is 11.2. The van der Waals surface area contributed by atoms with Crippen molar-refractivity contribution in [2.75, 3.05) is 6.54 Å². The van der Waals surface area contributed by atoms with Gasteiger partial charge in [-0.15, -0.1) is 0 Å². The average molecular weight is 198 g/mol. The number of likely N-dealkylation sites (tertiary alicyclic amines) is 1. The molecule has 1 rings (SSSR count). The van der Waals surface area contributed by atoms with Crippen LogP contribution in [0.4, 0.5) is 0 Å². The first-order chi connectivity index (χ1) is 6.70. The molecule has 82 valence electrons. The summed E-state index contributed by atoms with van der Waals surface area (Å²) in [4.78, 5) is 13.6. The summed E-state index contributed by atoms with van der Waals surface area (Å²) in [5.41, 5.74) is 5.40. The number of carbonyl (C=O) groups is 1. The number of hydrogen-bond donors (Lipinski definition) is 1.